The van der Waals surface area contributed by atoms with Gasteiger partial charge in [0.25, 0.3) is 0 Å². The zero-order chi connectivity index (χ0) is 29.2. The standard InChI is InChI=1S/C30H51NO8/c1-10-24-20(6)28-30(7,39-28)12-11-22(32)16(2)13-17(3)27(19(5)23(33)15-25(34)37-24)38-29-26(35)21(31(8)9)14-18(4)36-29/h11-12,16-21,23-24,26-29,33,35H,10,13-15H2,1-9H3/b12-11+/t16-,17+,18-,19+,20-,21+,23-,24-,26-,27+,28-,29+,30+/m1/s1. The number of hydrogen-bond donors (Lipinski definition) is 2. The Labute approximate surface area is 234 Å². The first kappa shape index (κ1) is 32.2. The molecule has 9 nitrogen and oxygen atoms in total. The zero-order valence-electron chi connectivity index (χ0n) is 25.2. The summed E-state index contributed by atoms with van der Waals surface area (Å²) in [4.78, 5) is 28.0. The number of likely N-dealkylation sites (N-methyl/N-ethyl adjacent to an activating group) is 1. The molecule has 9 heteroatoms. The number of cyclic esters (lactones) is 1. The van der Waals surface area contributed by atoms with E-state index < -0.39 is 42.1 Å². The highest BCUT2D eigenvalue weighted by Crippen LogP contribution is 2.44. The van der Waals surface area contributed by atoms with Gasteiger partial charge in [0.05, 0.1) is 30.8 Å². The topological polar surface area (TPSA) is 118 Å². The molecule has 0 saturated carbocycles. The molecule has 3 aliphatic rings. The summed E-state index contributed by atoms with van der Waals surface area (Å²) in [5.74, 6) is -1.51. The molecule has 0 aromatic carbocycles. The molecule has 0 aromatic heterocycles. The van der Waals surface area contributed by atoms with Gasteiger partial charge >= 0.3 is 5.97 Å². The van der Waals surface area contributed by atoms with Gasteiger partial charge in [-0.1, -0.05) is 34.6 Å². The fourth-order valence-electron chi connectivity index (χ4n) is 6.36. The SMILES string of the molecule is CC[C@H]1OC(=O)C[C@@H](O)[C@H](C)[C@@H](O[C@@H]2O[C@H](C)C[C@H](N(C)C)[C@H]2O)[C@@H](C)C[C@@H](C)C(=O)/C=C/[C@]2(C)O[C@@H]2[C@@H]1C. The van der Waals surface area contributed by atoms with Gasteiger partial charge in [0.15, 0.2) is 12.1 Å². The molecule has 0 unspecified atom stereocenters. The highest BCUT2D eigenvalue weighted by molar-refractivity contribution is 5.91. The van der Waals surface area contributed by atoms with E-state index in [-0.39, 0.29) is 54.3 Å². The second kappa shape index (κ2) is 13.1. The third-order valence-electron chi connectivity index (χ3n) is 9.06. The Balaban J connectivity index is 1.88. The minimum atomic E-state index is -1.04. The number of carbonyl (C=O) groups excluding carboxylic acids is 2. The molecule has 2 N–H and O–H groups in total. The van der Waals surface area contributed by atoms with Crippen molar-refractivity contribution in [2.75, 3.05) is 14.1 Å². The summed E-state index contributed by atoms with van der Waals surface area (Å²) >= 11 is 0. The molecule has 224 valence electrons. The van der Waals surface area contributed by atoms with Crippen LogP contribution in [0.1, 0.15) is 74.1 Å². The maximum Gasteiger partial charge on any atom is 0.308 e. The molecule has 0 amide bonds. The summed E-state index contributed by atoms with van der Waals surface area (Å²) in [6, 6.07) is -0.149. The maximum atomic E-state index is 13.1. The molecule has 0 aromatic rings. The van der Waals surface area contributed by atoms with Gasteiger partial charge in [-0.3, -0.25) is 9.59 Å². The highest BCUT2D eigenvalue weighted by Gasteiger charge is 2.55. The number of ketones is 1. The molecule has 0 radical (unpaired) electrons. The van der Waals surface area contributed by atoms with Crippen LogP contribution in [0.25, 0.3) is 0 Å². The van der Waals surface area contributed by atoms with E-state index in [1.807, 2.05) is 73.5 Å². The number of esters is 1. The summed E-state index contributed by atoms with van der Waals surface area (Å²) in [5, 5.41) is 22.3. The first-order valence-electron chi connectivity index (χ1n) is 14.6. The maximum absolute atomic E-state index is 13.1. The van der Waals surface area contributed by atoms with Gasteiger partial charge in [-0.05, 0) is 65.3 Å². The molecule has 13 atom stereocenters. The molecule has 0 bridgehead atoms. The van der Waals surface area contributed by atoms with Crippen molar-refractivity contribution in [3.63, 3.8) is 0 Å². The summed E-state index contributed by atoms with van der Waals surface area (Å²) in [6.07, 6.45) is 0.957. The lowest BCUT2D eigenvalue weighted by molar-refractivity contribution is -0.282. The van der Waals surface area contributed by atoms with Crippen LogP contribution in [-0.2, 0) is 28.5 Å². The molecular formula is C30H51NO8. The Morgan fingerprint density at radius 2 is 1.74 bits per heavy atom. The molecule has 0 aliphatic carbocycles. The van der Waals surface area contributed by atoms with Crippen LogP contribution in [0.5, 0.6) is 0 Å². The Kier molecular flexibility index (Phi) is 10.8. The fraction of sp³-hybridized carbons (Fsp3) is 0.867. The second-order valence-corrected chi connectivity index (χ2v) is 12.7. The highest BCUT2D eigenvalue weighted by atomic mass is 16.7. The van der Waals surface area contributed by atoms with Gasteiger partial charge in [-0.2, -0.15) is 0 Å². The number of carbonyl (C=O) groups is 2. The lowest BCUT2D eigenvalue weighted by Crippen LogP contribution is -2.56. The van der Waals surface area contributed by atoms with Crippen molar-refractivity contribution in [3.05, 3.63) is 12.2 Å². The number of ether oxygens (including phenoxy) is 4. The number of aliphatic hydroxyl groups excluding tert-OH is 2. The van der Waals surface area contributed by atoms with E-state index in [9.17, 15) is 19.8 Å². The summed E-state index contributed by atoms with van der Waals surface area (Å²) < 4.78 is 24.3. The average Bonchev–Trinajstić information content (AvgIpc) is 3.55. The normalized spacial score (nSPS) is 47.4. The second-order valence-electron chi connectivity index (χ2n) is 12.7. The van der Waals surface area contributed by atoms with Gasteiger partial charge in [0.1, 0.15) is 17.8 Å². The van der Waals surface area contributed by atoms with Crippen molar-refractivity contribution in [1.82, 2.24) is 4.90 Å². The Morgan fingerprint density at radius 1 is 1.08 bits per heavy atom. The van der Waals surface area contributed by atoms with E-state index in [1.54, 1.807) is 6.08 Å². The Bertz CT molecular complexity index is 879. The van der Waals surface area contributed by atoms with Gasteiger partial charge in [0.2, 0.25) is 0 Å². The smallest absolute Gasteiger partial charge is 0.308 e. The first-order valence-corrected chi connectivity index (χ1v) is 14.6. The van der Waals surface area contributed by atoms with E-state index in [4.69, 9.17) is 18.9 Å². The van der Waals surface area contributed by atoms with Crippen LogP contribution < -0.4 is 0 Å². The largest absolute Gasteiger partial charge is 0.462 e. The number of hydrogen-bond acceptors (Lipinski definition) is 9. The van der Waals surface area contributed by atoms with Gasteiger partial charge in [-0.15, -0.1) is 0 Å². The van der Waals surface area contributed by atoms with Crippen molar-refractivity contribution in [1.29, 1.82) is 0 Å². The Morgan fingerprint density at radius 3 is 2.36 bits per heavy atom. The summed E-state index contributed by atoms with van der Waals surface area (Å²) in [5.41, 5.74) is -0.578. The van der Waals surface area contributed by atoms with E-state index in [1.165, 1.54) is 0 Å². The molecular weight excluding hydrogens is 502 g/mol. The number of aliphatic hydroxyl groups is 2. The number of fused-ring (bicyclic) bond motifs is 1. The van der Waals surface area contributed by atoms with Crippen molar-refractivity contribution >= 4 is 11.8 Å². The molecule has 3 heterocycles. The molecule has 39 heavy (non-hydrogen) atoms. The van der Waals surface area contributed by atoms with Crippen LogP contribution in [0.4, 0.5) is 0 Å². The molecule has 3 rings (SSSR count). The predicted molar refractivity (Wildman–Crippen MR) is 147 cm³/mol. The third kappa shape index (κ3) is 7.68. The summed E-state index contributed by atoms with van der Waals surface area (Å²) in [6.45, 7) is 13.5. The van der Waals surface area contributed by atoms with Gasteiger partial charge in [-0.25, -0.2) is 0 Å². The van der Waals surface area contributed by atoms with Crippen LogP contribution in [0.15, 0.2) is 12.2 Å². The van der Waals surface area contributed by atoms with Crippen LogP contribution in [0.3, 0.4) is 0 Å². The number of allylic oxidation sites excluding steroid dienone is 1. The zero-order valence-corrected chi connectivity index (χ0v) is 25.2. The lowest BCUT2D eigenvalue weighted by atomic mass is 9.82. The Hall–Kier alpha value is -1.36. The van der Waals surface area contributed by atoms with Crippen molar-refractivity contribution in [3.8, 4) is 0 Å². The third-order valence-corrected chi connectivity index (χ3v) is 9.06. The molecule has 0 spiro atoms. The minimum absolute atomic E-state index is 0.00209. The molecule has 2 fully saturated rings. The van der Waals surface area contributed by atoms with Gasteiger partial charge in [0, 0.05) is 23.8 Å². The summed E-state index contributed by atoms with van der Waals surface area (Å²) in [7, 11) is 3.83. The van der Waals surface area contributed by atoms with E-state index in [2.05, 4.69) is 0 Å². The monoisotopic (exact) mass is 553 g/mol. The number of rotatable bonds is 4. The lowest BCUT2D eigenvalue weighted by Gasteiger charge is -2.44. The van der Waals surface area contributed by atoms with Crippen molar-refractivity contribution in [2.45, 2.75) is 129 Å². The van der Waals surface area contributed by atoms with Crippen LogP contribution in [-0.4, -0.2) is 95.5 Å². The fourth-order valence-corrected chi connectivity index (χ4v) is 6.36. The first-order chi connectivity index (χ1) is 18.2. The molecule has 2 saturated heterocycles. The molecule has 3 aliphatic heterocycles. The minimum Gasteiger partial charge on any atom is -0.462 e. The number of nitrogens with zero attached hydrogens (tertiary/aromatic N) is 1. The average molecular weight is 554 g/mol. The van der Waals surface area contributed by atoms with Gasteiger partial charge < -0.3 is 34.1 Å². The van der Waals surface area contributed by atoms with E-state index in [0.29, 0.717) is 19.3 Å². The van der Waals surface area contributed by atoms with Crippen molar-refractivity contribution < 1.29 is 38.7 Å². The van der Waals surface area contributed by atoms with E-state index in [0.717, 1.165) is 0 Å². The number of epoxide rings is 1. The van der Waals surface area contributed by atoms with Crippen LogP contribution >= 0.6 is 0 Å². The van der Waals surface area contributed by atoms with Crippen LogP contribution in [0.2, 0.25) is 0 Å². The van der Waals surface area contributed by atoms with Crippen LogP contribution in [0, 0.1) is 23.7 Å². The van der Waals surface area contributed by atoms with E-state index >= 15 is 0 Å². The predicted octanol–water partition coefficient (Wildman–Crippen LogP) is 3.10. The van der Waals surface area contributed by atoms with Crippen molar-refractivity contribution in [2.24, 2.45) is 23.7 Å². The quantitative estimate of drug-likeness (QED) is 0.400.